The van der Waals surface area contributed by atoms with Gasteiger partial charge in [0, 0.05) is 37.9 Å². The number of hydrogen-bond donors (Lipinski definition) is 0. The van der Waals surface area contributed by atoms with Gasteiger partial charge in [-0.1, -0.05) is 0 Å². The molecule has 0 aromatic carbocycles. The van der Waals surface area contributed by atoms with Gasteiger partial charge in [-0.2, -0.15) is 0 Å². The summed E-state index contributed by atoms with van der Waals surface area (Å²) in [6.45, 7) is 8.48. The smallest absolute Gasteiger partial charge is 0.236 e. The van der Waals surface area contributed by atoms with E-state index in [1.165, 1.54) is 5.82 Å². The third kappa shape index (κ3) is 3.50. The molecule has 2 saturated heterocycles. The number of amides is 1. The topological polar surface area (TPSA) is 50.6 Å². The Balaban J connectivity index is 1.48. The van der Waals surface area contributed by atoms with Crippen molar-refractivity contribution < 1.29 is 9.53 Å². The summed E-state index contributed by atoms with van der Waals surface area (Å²) >= 11 is 0. The van der Waals surface area contributed by atoms with E-state index in [1.54, 1.807) is 0 Å². The van der Waals surface area contributed by atoms with E-state index in [0.29, 0.717) is 25.7 Å². The first-order chi connectivity index (χ1) is 10.8. The van der Waals surface area contributed by atoms with Crippen molar-refractivity contribution in [1.29, 1.82) is 0 Å². The van der Waals surface area contributed by atoms with E-state index in [2.05, 4.69) is 27.6 Å². The number of aryl methyl sites for hydroxylation is 1. The number of ether oxygens (including phenoxy) is 1. The van der Waals surface area contributed by atoms with E-state index in [4.69, 9.17) is 4.74 Å². The van der Waals surface area contributed by atoms with Crippen molar-refractivity contribution in [2.45, 2.75) is 32.2 Å². The summed E-state index contributed by atoms with van der Waals surface area (Å²) in [5.41, 5.74) is 0. The number of nitrogens with zero attached hydrogens (tertiary/aromatic N) is 4. The van der Waals surface area contributed by atoms with E-state index in [9.17, 15) is 4.79 Å². The van der Waals surface area contributed by atoms with Gasteiger partial charge in [-0.3, -0.25) is 9.69 Å². The highest BCUT2D eigenvalue weighted by Gasteiger charge is 2.26. The maximum atomic E-state index is 12.3. The van der Waals surface area contributed by atoms with Crippen molar-refractivity contribution in [1.82, 2.24) is 19.4 Å². The Hall–Kier alpha value is -1.40. The van der Waals surface area contributed by atoms with Crippen LogP contribution in [0, 0.1) is 0 Å². The molecule has 0 spiro atoms. The largest absolute Gasteiger partial charge is 0.378 e. The molecule has 22 heavy (non-hydrogen) atoms. The number of hydrogen-bond acceptors (Lipinski definition) is 4. The molecule has 0 N–H and O–H groups in total. The van der Waals surface area contributed by atoms with Crippen molar-refractivity contribution in [3.05, 3.63) is 18.2 Å². The molecular formula is C16H26N4O2. The van der Waals surface area contributed by atoms with Crippen LogP contribution in [0.25, 0.3) is 0 Å². The maximum absolute atomic E-state index is 12.3. The third-order valence-electron chi connectivity index (χ3n) is 4.76. The number of carbonyl (C=O) groups excluding carboxylic acids is 1. The zero-order chi connectivity index (χ0) is 15.4. The summed E-state index contributed by atoms with van der Waals surface area (Å²) in [7, 11) is 0. The van der Waals surface area contributed by atoms with Gasteiger partial charge in [0.05, 0.1) is 19.8 Å². The van der Waals surface area contributed by atoms with Crippen LogP contribution >= 0.6 is 0 Å². The molecule has 1 amide bonds. The first-order valence-electron chi connectivity index (χ1n) is 8.37. The second-order valence-electron chi connectivity index (χ2n) is 6.12. The van der Waals surface area contributed by atoms with Crippen LogP contribution in [0.4, 0.5) is 0 Å². The zero-order valence-electron chi connectivity index (χ0n) is 13.4. The average molecular weight is 306 g/mol. The predicted octanol–water partition coefficient (Wildman–Crippen LogP) is 0.941. The lowest BCUT2D eigenvalue weighted by Gasteiger charge is -2.34. The van der Waals surface area contributed by atoms with Gasteiger partial charge in [0.15, 0.2) is 0 Å². The van der Waals surface area contributed by atoms with Crippen LogP contribution < -0.4 is 0 Å². The lowest BCUT2D eigenvalue weighted by atomic mass is 9.96. The van der Waals surface area contributed by atoms with Gasteiger partial charge in [-0.25, -0.2) is 4.98 Å². The van der Waals surface area contributed by atoms with Crippen LogP contribution in [0.1, 0.15) is 31.5 Å². The minimum absolute atomic E-state index is 0.247. The van der Waals surface area contributed by atoms with Gasteiger partial charge in [0.25, 0.3) is 0 Å². The summed E-state index contributed by atoms with van der Waals surface area (Å²) in [5, 5.41) is 0. The summed E-state index contributed by atoms with van der Waals surface area (Å²) in [4.78, 5) is 21.0. The summed E-state index contributed by atoms with van der Waals surface area (Å²) in [5.74, 6) is 1.99. The second-order valence-corrected chi connectivity index (χ2v) is 6.12. The van der Waals surface area contributed by atoms with Gasteiger partial charge in [0.1, 0.15) is 5.82 Å². The molecule has 122 valence electrons. The van der Waals surface area contributed by atoms with Gasteiger partial charge in [0.2, 0.25) is 5.91 Å². The molecule has 0 saturated carbocycles. The van der Waals surface area contributed by atoms with Crippen LogP contribution in [0.2, 0.25) is 0 Å². The van der Waals surface area contributed by atoms with Crippen molar-refractivity contribution in [3.8, 4) is 0 Å². The highest BCUT2D eigenvalue weighted by Crippen LogP contribution is 2.26. The van der Waals surface area contributed by atoms with Crippen molar-refractivity contribution in [2.75, 3.05) is 45.9 Å². The molecule has 3 heterocycles. The number of aromatic nitrogens is 2. The van der Waals surface area contributed by atoms with E-state index in [0.717, 1.165) is 45.6 Å². The molecule has 0 bridgehead atoms. The Morgan fingerprint density at radius 2 is 2.00 bits per heavy atom. The molecule has 6 heteroatoms. The Morgan fingerprint density at radius 1 is 1.27 bits per heavy atom. The monoisotopic (exact) mass is 306 g/mol. The number of rotatable bonds is 4. The lowest BCUT2D eigenvalue weighted by molar-refractivity contribution is -0.136. The highest BCUT2D eigenvalue weighted by molar-refractivity contribution is 5.78. The fourth-order valence-corrected chi connectivity index (χ4v) is 3.40. The molecule has 0 unspecified atom stereocenters. The van der Waals surface area contributed by atoms with Crippen LogP contribution in [-0.2, 0) is 16.1 Å². The molecule has 2 aliphatic heterocycles. The first kappa shape index (κ1) is 15.5. The Morgan fingerprint density at radius 3 is 2.68 bits per heavy atom. The first-order valence-corrected chi connectivity index (χ1v) is 8.37. The average Bonchev–Trinajstić information content (AvgIpc) is 3.05. The number of carbonyl (C=O) groups is 1. The fraction of sp³-hybridized carbons (Fsp3) is 0.750. The maximum Gasteiger partial charge on any atom is 0.236 e. The van der Waals surface area contributed by atoms with E-state index < -0.39 is 0 Å². The van der Waals surface area contributed by atoms with Crippen molar-refractivity contribution >= 4 is 5.91 Å². The van der Waals surface area contributed by atoms with Crippen LogP contribution in [0.3, 0.4) is 0 Å². The van der Waals surface area contributed by atoms with Crippen LogP contribution in [0.5, 0.6) is 0 Å². The fourth-order valence-electron chi connectivity index (χ4n) is 3.40. The molecule has 6 nitrogen and oxygen atoms in total. The summed E-state index contributed by atoms with van der Waals surface area (Å²) < 4.78 is 7.54. The molecule has 1 aromatic rings. The third-order valence-corrected chi connectivity index (χ3v) is 4.76. The SMILES string of the molecule is CCn1ccnc1C1CCN(CC(=O)N2CCOCC2)CC1. The number of likely N-dealkylation sites (tertiary alicyclic amines) is 1. The van der Waals surface area contributed by atoms with E-state index >= 15 is 0 Å². The molecule has 0 atom stereocenters. The molecule has 0 radical (unpaired) electrons. The van der Waals surface area contributed by atoms with Crippen molar-refractivity contribution in [3.63, 3.8) is 0 Å². The highest BCUT2D eigenvalue weighted by atomic mass is 16.5. The predicted molar refractivity (Wildman–Crippen MR) is 83.7 cm³/mol. The minimum atomic E-state index is 0.247. The molecule has 0 aliphatic carbocycles. The number of morpholine rings is 1. The molecule has 3 rings (SSSR count). The quantitative estimate of drug-likeness (QED) is 0.831. The number of imidazole rings is 1. The lowest BCUT2D eigenvalue weighted by Crippen LogP contribution is -2.47. The Labute approximate surface area is 132 Å². The summed E-state index contributed by atoms with van der Waals surface area (Å²) in [6.07, 6.45) is 6.14. The minimum Gasteiger partial charge on any atom is -0.378 e. The second kappa shape index (κ2) is 7.24. The van der Waals surface area contributed by atoms with Crippen LogP contribution in [-0.4, -0.2) is 71.2 Å². The summed E-state index contributed by atoms with van der Waals surface area (Å²) in [6, 6.07) is 0. The Bertz CT molecular complexity index is 488. The van der Waals surface area contributed by atoms with Crippen molar-refractivity contribution in [2.24, 2.45) is 0 Å². The van der Waals surface area contributed by atoms with Gasteiger partial charge >= 0.3 is 0 Å². The molecule has 2 fully saturated rings. The number of piperidine rings is 1. The normalized spacial score (nSPS) is 21.2. The van der Waals surface area contributed by atoms with Gasteiger partial charge in [-0.15, -0.1) is 0 Å². The van der Waals surface area contributed by atoms with Crippen LogP contribution in [0.15, 0.2) is 12.4 Å². The molecular weight excluding hydrogens is 280 g/mol. The van der Waals surface area contributed by atoms with Gasteiger partial charge in [-0.05, 0) is 32.9 Å². The molecule has 2 aliphatic rings. The molecule has 1 aromatic heterocycles. The Kier molecular flexibility index (Phi) is 5.10. The standard InChI is InChI=1S/C16H26N4O2/c1-2-19-8-5-17-16(19)14-3-6-18(7-4-14)13-15(21)20-9-11-22-12-10-20/h5,8,14H,2-4,6-7,9-13H2,1H3. The van der Waals surface area contributed by atoms with E-state index in [1.807, 2.05) is 11.1 Å². The van der Waals surface area contributed by atoms with Gasteiger partial charge < -0.3 is 14.2 Å². The van der Waals surface area contributed by atoms with E-state index in [-0.39, 0.29) is 5.91 Å². The zero-order valence-corrected chi connectivity index (χ0v) is 13.4.